The van der Waals surface area contributed by atoms with Crippen LogP contribution in [0.4, 0.5) is 0 Å². The number of aromatic nitrogens is 3. The van der Waals surface area contributed by atoms with Crippen LogP contribution in [0, 0.1) is 0 Å². The van der Waals surface area contributed by atoms with Crippen molar-refractivity contribution in [2.75, 3.05) is 0 Å². The maximum Gasteiger partial charge on any atom is 0.164 e. The second kappa shape index (κ2) is 15.4. The molecule has 0 saturated carbocycles. The minimum atomic E-state index is -0.416. The number of para-hydroxylation sites is 2. The van der Waals surface area contributed by atoms with Crippen LogP contribution in [0.3, 0.4) is 0 Å². The molecule has 0 bridgehead atoms. The van der Waals surface area contributed by atoms with Gasteiger partial charge < -0.3 is 13.3 Å². The van der Waals surface area contributed by atoms with Crippen LogP contribution in [-0.4, -0.2) is 15.0 Å². The lowest BCUT2D eigenvalue weighted by Crippen LogP contribution is -2.25. The summed E-state index contributed by atoms with van der Waals surface area (Å²) in [5.41, 5.74) is 21.8. The van der Waals surface area contributed by atoms with E-state index in [9.17, 15) is 0 Å². The third kappa shape index (κ3) is 5.72. The maximum absolute atomic E-state index is 6.67. The molecule has 2 aliphatic carbocycles. The molecule has 0 saturated heterocycles. The average Bonchev–Trinajstić information content (AvgIpc) is 4.33. The summed E-state index contributed by atoms with van der Waals surface area (Å²) in [5.74, 6) is 1.59. The van der Waals surface area contributed by atoms with Crippen LogP contribution < -0.4 is 0 Å². The average molecular weight is 970 g/mol. The fourth-order valence-corrected chi connectivity index (χ4v) is 12.9. The number of fused-ring (bicyclic) bond motifs is 19. The molecule has 4 aromatic heterocycles. The van der Waals surface area contributed by atoms with E-state index in [1.165, 1.54) is 50.1 Å². The first kappa shape index (κ1) is 41.3. The smallest absolute Gasteiger partial charge is 0.164 e. The van der Waals surface area contributed by atoms with Crippen LogP contribution in [0.25, 0.3) is 144 Å². The first-order valence-electron chi connectivity index (χ1n) is 25.7. The predicted molar refractivity (Wildman–Crippen MR) is 305 cm³/mol. The molecule has 0 unspecified atom stereocenters. The second-order valence-electron chi connectivity index (χ2n) is 20.1. The van der Waals surface area contributed by atoms with Gasteiger partial charge in [0.15, 0.2) is 17.5 Å². The molecule has 6 heteroatoms. The molecule has 6 nitrogen and oxygen atoms in total. The molecule has 2 aliphatic rings. The summed E-state index contributed by atoms with van der Waals surface area (Å²) in [6, 6.07) is 84.1. The van der Waals surface area contributed by atoms with Gasteiger partial charge in [-0.2, -0.15) is 0 Å². The fourth-order valence-electron chi connectivity index (χ4n) is 12.9. The number of furan rings is 3. The van der Waals surface area contributed by atoms with Crippen molar-refractivity contribution < 1.29 is 13.3 Å². The van der Waals surface area contributed by atoms with Gasteiger partial charge in [-0.05, 0) is 127 Å². The molecule has 76 heavy (non-hydrogen) atoms. The molecule has 0 aliphatic heterocycles. The molecule has 0 N–H and O–H groups in total. The molecule has 4 heterocycles. The van der Waals surface area contributed by atoms with Crippen molar-refractivity contribution in [3.05, 3.63) is 259 Å². The van der Waals surface area contributed by atoms with Crippen molar-refractivity contribution in [3.8, 4) is 78.7 Å². The Hall–Kier alpha value is -10.2. The van der Waals surface area contributed by atoms with Gasteiger partial charge in [0.1, 0.15) is 33.5 Å². The zero-order chi connectivity index (χ0) is 49.6. The molecule has 1 spiro atoms. The zero-order valence-corrected chi connectivity index (χ0v) is 40.6. The van der Waals surface area contributed by atoms with E-state index in [1.807, 2.05) is 66.7 Å². The number of benzene rings is 11. The monoisotopic (exact) mass is 969 g/mol. The molecule has 11 aromatic carbocycles. The maximum atomic E-state index is 6.67. The Labute approximate surface area is 434 Å². The molecular weight excluding hydrogens is 931 g/mol. The lowest BCUT2D eigenvalue weighted by atomic mass is 9.70. The molecule has 0 radical (unpaired) electrons. The Morgan fingerprint density at radius 3 is 1.34 bits per heavy atom. The van der Waals surface area contributed by atoms with E-state index < -0.39 is 5.41 Å². The minimum absolute atomic E-state index is 0.416. The Balaban J connectivity index is 0.819. The third-order valence-electron chi connectivity index (χ3n) is 16.2. The van der Waals surface area contributed by atoms with Crippen molar-refractivity contribution in [1.82, 2.24) is 15.0 Å². The van der Waals surface area contributed by atoms with Gasteiger partial charge in [-0.3, -0.25) is 0 Å². The van der Waals surface area contributed by atoms with E-state index in [2.05, 4.69) is 170 Å². The number of hydrogen-bond donors (Lipinski definition) is 0. The lowest BCUT2D eigenvalue weighted by molar-refractivity contribution is 0.668. The number of hydrogen-bond acceptors (Lipinski definition) is 6. The number of rotatable bonds is 5. The van der Waals surface area contributed by atoms with E-state index in [0.29, 0.717) is 17.5 Å². The lowest BCUT2D eigenvalue weighted by Gasteiger charge is -2.30. The molecule has 0 amide bonds. The third-order valence-corrected chi connectivity index (χ3v) is 16.2. The summed E-state index contributed by atoms with van der Waals surface area (Å²) in [7, 11) is 0. The first-order chi connectivity index (χ1) is 37.6. The van der Waals surface area contributed by atoms with Crippen molar-refractivity contribution in [2.24, 2.45) is 0 Å². The van der Waals surface area contributed by atoms with Crippen LogP contribution in [0.5, 0.6) is 0 Å². The SMILES string of the molecule is c1cc(-c2ccc3c(c2)C2(c4ccccc4-c4ccccc42)c2ccccc2-3)cc(-c2ccc3oc4cccc(-c5nc(-c6ccc7c(c6)oc6ccccc67)nc(-c6cccc7oc8ccccc8c67)n5)c4c3c2)c1. The van der Waals surface area contributed by atoms with Crippen molar-refractivity contribution in [2.45, 2.75) is 5.41 Å². The molecule has 15 aromatic rings. The van der Waals surface area contributed by atoms with Gasteiger partial charge in [-0.15, -0.1) is 0 Å². The van der Waals surface area contributed by atoms with E-state index >= 15 is 0 Å². The topological polar surface area (TPSA) is 78.1 Å². The molecule has 17 rings (SSSR count). The van der Waals surface area contributed by atoms with E-state index in [-0.39, 0.29) is 0 Å². The summed E-state index contributed by atoms with van der Waals surface area (Å²) < 4.78 is 19.4. The fraction of sp³-hybridized carbons (Fsp3) is 0.0143. The van der Waals surface area contributed by atoms with Crippen molar-refractivity contribution in [1.29, 1.82) is 0 Å². The summed E-state index contributed by atoms with van der Waals surface area (Å²) in [6.45, 7) is 0. The van der Waals surface area contributed by atoms with E-state index in [4.69, 9.17) is 28.2 Å². The Kier molecular flexibility index (Phi) is 8.39. The molecule has 0 atom stereocenters. The van der Waals surface area contributed by atoms with E-state index in [0.717, 1.165) is 99.2 Å². The van der Waals surface area contributed by atoms with Crippen LogP contribution in [-0.2, 0) is 5.41 Å². The van der Waals surface area contributed by atoms with Crippen LogP contribution in [0.1, 0.15) is 22.3 Å². The van der Waals surface area contributed by atoms with Gasteiger partial charge >= 0.3 is 0 Å². The Morgan fingerprint density at radius 2 is 0.671 bits per heavy atom. The predicted octanol–water partition coefficient (Wildman–Crippen LogP) is 18.2. The van der Waals surface area contributed by atoms with Gasteiger partial charge in [-0.1, -0.05) is 176 Å². The van der Waals surface area contributed by atoms with Gasteiger partial charge in [0.05, 0.1) is 5.41 Å². The highest BCUT2D eigenvalue weighted by Gasteiger charge is 2.51. The Bertz CT molecular complexity index is 4910. The molecule has 0 fully saturated rings. The van der Waals surface area contributed by atoms with Gasteiger partial charge in [0.2, 0.25) is 0 Å². The minimum Gasteiger partial charge on any atom is -0.456 e. The van der Waals surface area contributed by atoms with Gasteiger partial charge in [0, 0.05) is 49.0 Å². The summed E-state index contributed by atoms with van der Waals surface area (Å²) in [6.07, 6.45) is 0. The van der Waals surface area contributed by atoms with Gasteiger partial charge in [0.25, 0.3) is 0 Å². The summed E-state index contributed by atoms with van der Waals surface area (Å²) in [4.78, 5) is 15.9. The highest BCUT2D eigenvalue weighted by molar-refractivity contribution is 6.14. The highest BCUT2D eigenvalue weighted by Crippen LogP contribution is 2.63. The Morgan fingerprint density at radius 1 is 0.237 bits per heavy atom. The first-order valence-corrected chi connectivity index (χ1v) is 25.7. The molecule has 352 valence electrons. The van der Waals surface area contributed by atoms with Crippen LogP contribution in [0.2, 0.25) is 0 Å². The number of nitrogens with zero attached hydrogens (tertiary/aromatic N) is 3. The van der Waals surface area contributed by atoms with Crippen LogP contribution >= 0.6 is 0 Å². The van der Waals surface area contributed by atoms with Gasteiger partial charge in [-0.25, -0.2) is 15.0 Å². The zero-order valence-electron chi connectivity index (χ0n) is 40.6. The van der Waals surface area contributed by atoms with E-state index in [1.54, 1.807) is 0 Å². The standard InChI is InChI=1S/C70H39N3O3/c1-6-23-55-45(16-1)46-17-2-7-24-56(46)70(55)57-25-8-3-18-47(57)48-33-30-43(38-58(48)70)41-15-11-14-40(36-41)42-32-35-61-54(37-42)66-53(22-13-29-63(66)75-61)69-72-67(44-31-34-50-49-19-4-9-26-59(49)76-64(50)39-44)71-68(73-69)52-21-12-28-62-65(52)51-20-5-10-27-60(51)74-62/h1-39H. The summed E-state index contributed by atoms with van der Waals surface area (Å²) in [5, 5.41) is 5.95. The van der Waals surface area contributed by atoms with Crippen molar-refractivity contribution >= 4 is 65.8 Å². The normalized spacial score (nSPS) is 13.1. The van der Waals surface area contributed by atoms with Crippen LogP contribution in [0.15, 0.2) is 250 Å². The van der Waals surface area contributed by atoms with Crippen molar-refractivity contribution in [3.63, 3.8) is 0 Å². The summed E-state index contributed by atoms with van der Waals surface area (Å²) >= 11 is 0. The highest BCUT2D eigenvalue weighted by atomic mass is 16.3. The molecular formula is C70H39N3O3. The largest absolute Gasteiger partial charge is 0.456 e. The second-order valence-corrected chi connectivity index (χ2v) is 20.1. The quantitative estimate of drug-likeness (QED) is 0.171.